The van der Waals surface area contributed by atoms with E-state index in [0.717, 1.165) is 73.2 Å². The molecule has 0 atom stereocenters. The molecule has 0 N–H and O–H groups in total. The molecule has 8 heteroatoms. The van der Waals surface area contributed by atoms with Crippen LogP contribution in [0.4, 0.5) is 0 Å². The minimum absolute atomic E-state index is 0.180. The molecule has 0 radical (unpaired) electrons. The Labute approximate surface area is 186 Å². The molecule has 0 unspecified atom stereocenters. The van der Waals surface area contributed by atoms with Crippen molar-refractivity contribution in [3.8, 4) is 0 Å². The topological polar surface area (TPSA) is 56.8 Å². The number of hydrogen-bond donors (Lipinski definition) is 0. The molecule has 1 aromatic heterocycles. The molecule has 0 bridgehead atoms. The van der Waals surface area contributed by atoms with Gasteiger partial charge in [0.15, 0.2) is 4.34 Å². The second-order valence-corrected chi connectivity index (χ2v) is 10.3. The SMILES string of the molecule is CCN1CCN(C(=O)CC2CCN(C(=O)CSc3nc4ccccc4s3)CC2)CC1. The summed E-state index contributed by atoms with van der Waals surface area (Å²) in [5.74, 6) is 1.31. The van der Waals surface area contributed by atoms with Gasteiger partial charge in [0.1, 0.15) is 0 Å². The Morgan fingerprint density at radius 1 is 1.03 bits per heavy atom. The van der Waals surface area contributed by atoms with E-state index in [4.69, 9.17) is 0 Å². The summed E-state index contributed by atoms with van der Waals surface area (Å²) in [6, 6.07) is 8.07. The molecule has 6 nitrogen and oxygen atoms in total. The molecule has 2 fully saturated rings. The highest BCUT2D eigenvalue weighted by Crippen LogP contribution is 2.30. The summed E-state index contributed by atoms with van der Waals surface area (Å²) in [5.41, 5.74) is 0.999. The lowest BCUT2D eigenvalue weighted by atomic mass is 9.93. The van der Waals surface area contributed by atoms with E-state index in [9.17, 15) is 9.59 Å². The summed E-state index contributed by atoms with van der Waals surface area (Å²) in [7, 11) is 0. The summed E-state index contributed by atoms with van der Waals surface area (Å²) in [5, 5.41) is 0. The van der Waals surface area contributed by atoms with Gasteiger partial charge in [-0.05, 0) is 37.4 Å². The lowest BCUT2D eigenvalue weighted by Gasteiger charge is -2.36. The van der Waals surface area contributed by atoms with Crippen molar-refractivity contribution in [2.45, 2.75) is 30.5 Å². The number of thiazole rings is 1. The molecular weight excluding hydrogens is 416 g/mol. The van der Waals surface area contributed by atoms with Gasteiger partial charge < -0.3 is 14.7 Å². The van der Waals surface area contributed by atoms with Crippen LogP contribution in [0.3, 0.4) is 0 Å². The third-order valence-electron chi connectivity index (χ3n) is 6.20. The predicted molar refractivity (Wildman–Crippen MR) is 123 cm³/mol. The molecule has 4 rings (SSSR count). The van der Waals surface area contributed by atoms with Crippen LogP contribution in [0.1, 0.15) is 26.2 Å². The Morgan fingerprint density at radius 3 is 2.43 bits per heavy atom. The number of thioether (sulfide) groups is 1. The predicted octanol–water partition coefficient (Wildman–Crippen LogP) is 3.18. The minimum atomic E-state index is 0.180. The highest BCUT2D eigenvalue weighted by molar-refractivity contribution is 8.01. The molecule has 0 saturated carbocycles. The van der Waals surface area contributed by atoms with Crippen LogP contribution in [0, 0.1) is 5.92 Å². The molecule has 162 valence electrons. The Morgan fingerprint density at radius 2 is 1.73 bits per heavy atom. The van der Waals surface area contributed by atoms with Crippen LogP contribution in [0.2, 0.25) is 0 Å². The first-order chi connectivity index (χ1) is 14.6. The van der Waals surface area contributed by atoms with Gasteiger partial charge in [-0.3, -0.25) is 9.59 Å². The zero-order valence-corrected chi connectivity index (χ0v) is 19.2. The largest absolute Gasteiger partial charge is 0.342 e. The number of piperazine rings is 1. The summed E-state index contributed by atoms with van der Waals surface area (Å²) >= 11 is 3.18. The zero-order chi connectivity index (χ0) is 20.9. The van der Waals surface area contributed by atoms with Crippen LogP contribution in [-0.2, 0) is 9.59 Å². The maximum absolute atomic E-state index is 12.6. The van der Waals surface area contributed by atoms with Gasteiger partial charge >= 0.3 is 0 Å². The highest BCUT2D eigenvalue weighted by Gasteiger charge is 2.27. The molecule has 2 aromatic rings. The van der Waals surface area contributed by atoms with Crippen molar-refractivity contribution in [3.63, 3.8) is 0 Å². The number of aromatic nitrogens is 1. The fraction of sp³-hybridized carbons (Fsp3) is 0.591. The van der Waals surface area contributed by atoms with Gasteiger partial charge in [-0.2, -0.15) is 0 Å². The van der Waals surface area contributed by atoms with Crippen LogP contribution in [0.5, 0.6) is 0 Å². The maximum Gasteiger partial charge on any atom is 0.233 e. The minimum Gasteiger partial charge on any atom is -0.342 e. The molecule has 2 aliphatic heterocycles. The number of nitrogens with zero attached hydrogens (tertiary/aromatic N) is 4. The van der Waals surface area contributed by atoms with Crippen molar-refractivity contribution in [1.29, 1.82) is 0 Å². The number of carbonyl (C=O) groups is 2. The van der Waals surface area contributed by atoms with Gasteiger partial charge in [0.25, 0.3) is 0 Å². The van der Waals surface area contributed by atoms with Gasteiger partial charge in [-0.15, -0.1) is 11.3 Å². The Kier molecular flexibility index (Phi) is 7.28. The molecule has 0 aliphatic carbocycles. The summed E-state index contributed by atoms with van der Waals surface area (Å²) in [6.45, 7) is 8.44. The number of amides is 2. The van der Waals surface area contributed by atoms with E-state index in [1.165, 1.54) is 11.8 Å². The van der Waals surface area contributed by atoms with Crippen molar-refractivity contribution >= 4 is 45.1 Å². The maximum atomic E-state index is 12.6. The molecule has 3 heterocycles. The van der Waals surface area contributed by atoms with Crippen LogP contribution >= 0.6 is 23.1 Å². The van der Waals surface area contributed by atoms with Crippen molar-refractivity contribution < 1.29 is 9.59 Å². The smallest absolute Gasteiger partial charge is 0.233 e. The molecule has 2 saturated heterocycles. The molecule has 30 heavy (non-hydrogen) atoms. The van der Waals surface area contributed by atoms with E-state index >= 15 is 0 Å². The second kappa shape index (κ2) is 10.1. The van der Waals surface area contributed by atoms with E-state index in [-0.39, 0.29) is 5.91 Å². The standard InChI is InChI=1S/C22H30N4O2S2/c1-2-24-11-13-26(14-12-24)20(27)15-17-7-9-25(10-8-17)21(28)16-29-22-23-18-5-3-4-6-19(18)30-22/h3-6,17H,2,7-16H2,1H3. The molecule has 2 aliphatic rings. The van der Waals surface area contributed by atoms with E-state index < -0.39 is 0 Å². The van der Waals surface area contributed by atoms with Crippen molar-refractivity contribution in [3.05, 3.63) is 24.3 Å². The van der Waals surface area contributed by atoms with Crippen LogP contribution in [0.25, 0.3) is 10.2 Å². The number of carbonyl (C=O) groups excluding carboxylic acids is 2. The van der Waals surface area contributed by atoms with E-state index in [1.807, 2.05) is 28.0 Å². The fourth-order valence-corrected chi connectivity index (χ4v) is 6.17. The van der Waals surface area contributed by atoms with Crippen molar-refractivity contribution in [1.82, 2.24) is 19.7 Å². The Bertz CT molecular complexity index is 838. The first-order valence-corrected chi connectivity index (χ1v) is 12.7. The molecule has 0 spiro atoms. The summed E-state index contributed by atoms with van der Waals surface area (Å²) in [4.78, 5) is 36.2. The van der Waals surface area contributed by atoms with Gasteiger partial charge in [-0.1, -0.05) is 30.8 Å². The lowest BCUT2D eigenvalue weighted by Crippen LogP contribution is -2.49. The van der Waals surface area contributed by atoms with Gasteiger partial charge in [0.05, 0.1) is 16.0 Å². The van der Waals surface area contributed by atoms with Crippen LogP contribution in [0.15, 0.2) is 28.6 Å². The summed E-state index contributed by atoms with van der Waals surface area (Å²) in [6.07, 6.45) is 2.49. The number of likely N-dealkylation sites (N-methyl/N-ethyl adjacent to an activating group) is 1. The molecule has 1 aromatic carbocycles. The number of benzene rings is 1. The van der Waals surface area contributed by atoms with Gasteiger partial charge in [0, 0.05) is 45.7 Å². The van der Waals surface area contributed by atoms with E-state index in [2.05, 4.69) is 22.9 Å². The third-order valence-corrected chi connectivity index (χ3v) is 8.36. The molecular formula is C22H30N4O2S2. The monoisotopic (exact) mass is 446 g/mol. The zero-order valence-electron chi connectivity index (χ0n) is 17.6. The average Bonchev–Trinajstić information content (AvgIpc) is 3.21. The van der Waals surface area contributed by atoms with Gasteiger partial charge in [0.2, 0.25) is 11.8 Å². The summed E-state index contributed by atoms with van der Waals surface area (Å²) < 4.78 is 2.11. The first kappa shape index (κ1) is 21.6. The first-order valence-electron chi connectivity index (χ1n) is 10.9. The van der Waals surface area contributed by atoms with Crippen molar-refractivity contribution in [2.75, 3.05) is 51.6 Å². The molecule has 2 amide bonds. The van der Waals surface area contributed by atoms with Gasteiger partial charge in [-0.25, -0.2) is 4.98 Å². The number of likely N-dealkylation sites (tertiary alicyclic amines) is 1. The fourth-order valence-electron chi connectivity index (χ4n) is 4.20. The number of para-hydroxylation sites is 1. The third kappa shape index (κ3) is 5.34. The van der Waals surface area contributed by atoms with Crippen LogP contribution < -0.4 is 0 Å². The number of piperidine rings is 1. The number of rotatable bonds is 6. The lowest BCUT2D eigenvalue weighted by molar-refractivity contribution is -0.134. The Hall–Kier alpha value is -1.64. The number of fused-ring (bicyclic) bond motifs is 1. The average molecular weight is 447 g/mol. The number of hydrogen-bond acceptors (Lipinski definition) is 6. The second-order valence-electron chi connectivity index (χ2n) is 8.08. The van der Waals surface area contributed by atoms with Crippen molar-refractivity contribution in [2.24, 2.45) is 5.92 Å². The van der Waals surface area contributed by atoms with E-state index in [0.29, 0.717) is 24.0 Å². The Balaban J connectivity index is 1.18. The van der Waals surface area contributed by atoms with E-state index in [1.54, 1.807) is 11.3 Å². The highest BCUT2D eigenvalue weighted by atomic mass is 32.2. The quantitative estimate of drug-likeness (QED) is 0.638. The normalized spacial score (nSPS) is 18.8. The van der Waals surface area contributed by atoms with Crippen LogP contribution in [-0.4, -0.2) is 83.1 Å².